The fraction of sp³-hybridized carbons (Fsp3) is 0.714. The van der Waals surface area contributed by atoms with Gasteiger partial charge >= 0.3 is 5.97 Å². The minimum Gasteiger partial charge on any atom is -0.426 e. The highest BCUT2D eigenvalue weighted by molar-refractivity contribution is 7.78. The number of thiocarbonyl (C=S) groups is 1. The Morgan fingerprint density at radius 1 is 1.00 bits per heavy atom. The molecule has 1 aromatic rings. The predicted molar refractivity (Wildman–Crippen MR) is 136 cm³/mol. The number of hydrogen-bond acceptors (Lipinski definition) is 4. The summed E-state index contributed by atoms with van der Waals surface area (Å²) in [5, 5.41) is 2.35. The summed E-state index contributed by atoms with van der Waals surface area (Å²) in [5.74, 6) is 3.99. The van der Waals surface area contributed by atoms with Gasteiger partial charge in [0.1, 0.15) is 5.75 Å². The smallest absolute Gasteiger partial charge is 0.314 e. The second-order valence-electron chi connectivity index (χ2n) is 10.2. The Bertz CT molecular complexity index is 739. The van der Waals surface area contributed by atoms with Gasteiger partial charge in [-0.2, -0.15) is 4.99 Å². The Balaban J connectivity index is 1.37. The largest absolute Gasteiger partial charge is 0.426 e. The summed E-state index contributed by atoms with van der Waals surface area (Å²) in [5.41, 5.74) is 0.722. The quantitative estimate of drug-likeness (QED) is 0.117. The van der Waals surface area contributed by atoms with Crippen LogP contribution in [0.2, 0.25) is 0 Å². The number of isothiocyanates is 1. The van der Waals surface area contributed by atoms with Gasteiger partial charge in [-0.15, -0.1) is 0 Å². The Kier molecular flexibility index (Phi) is 10.4. The summed E-state index contributed by atoms with van der Waals surface area (Å²) >= 11 is 4.62. The highest BCUT2D eigenvalue weighted by Gasteiger charge is 2.34. The van der Waals surface area contributed by atoms with Crippen molar-refractivity contribution in [2.24, 2.45) is 34.6 Å². The van der Waals surface area contributed by atoms with Crippen LogP contribution in [0.25, 0.3) is 0 Å². The van der Waals surface area contributed by atoms with Gasteiger partial charge in [-0.1, -0.05) is 58.8 Å². The molecule has 3 nitrogen and oxygen atoms in total. The first-order valence-electron chi connectivity index (χ1n) is 13.0. The average molecular weight is 456 g/mol. The van der Waals surface area contributed by atoms with Crippen LogP contribution in [0, 0.1) is 29.6 Å². The molecule has 0 aromatic heterocycles. The second kappa shape index (κ2) is 13.3. The van der Waals surface area contributed by atoms with E-state index in [0.29, 0.717) is 5.75 Å². The molecule has 2 aliphatic carbocycles. The lowest BCUT2D eigenvalue weighted by molar-refractivity contribution is -0.140. The number of ether oxygens (including phenoxy) is 1. The number of hydrogen-bond donors (Lipinski definition) is 0. The number of carbonyl (C=O) groups excluding carboxylic acids is 1. The van der Waals surface area contributed by atoms with Crippen LogP contribution in [0.15, 0.2) is 29.3 Å². The zero-order chi connectivity index (χ0) is 22.8. The van der Waals surface area contributed by atoms with Crippen molar-refractivity contribution in [3.63, 3.8) is 0 Å². The second-order valence-corrected chi connectivity index (χ2v) is 10.4. The van der Waals surface area contributed by atoms with E-state index >= 15 is 0 Å². The third kappa shape index (κ3) is 7.52. The molecule has 1 unspecified atom stereocenters. The van der Waals surface area contributed by atoms with Crippen molar-refractivity contribution in [2.45, 2.75) is 97.3 Å². The fourth-order valence-electron chi connectivity index (χ4n) is 5.97. The number of carbonyl (C=O) groups is 1. The van der Waals surface area contributed by atoms with E-state index in [4.69, 9.17) is 4.74 Å². The van der Waals surface area contributed by atoms with Gasteiger partial charge in [-0.3, -0.25) is 4.79 Å². The van der Waals surface area contributed by atoms with Crippen molar-refractivity contribution in [1.29, 1.82) is 0 Å². The number of aliphatic imine (C=N–C) groups is 1. The van der Waals surface area contributed by atoms with Crippen LogP contribution in [0.1, 0.15) is 97.3 Å². The molecule has 32 heavy (non-hydrogen) atoms. The van der Waals surface area contributed by atoms with E-state index in [1.165, 1.54) is 70.6 Å². The molecule has 2 fully saturated rings. The van der Waals surface area contributed by atoms with Gasteiger partial charge in [0.2, 0.25) is 0 Å². The van der Waals surface area contributed by atoms with E-state index < -0.39 is 0 Å². The van der Waals surface area contributed by atoms with Gasteiger partial charge < -0.3 is 4.74 Å². The van der Waals surface area contributed by atoms with Crippen LogP contribution in [0.3, 0.4) is 0 Å². The molecule has 3 rings (SSSR count). The van der Waals surface area contributed by atoms with Gasteiger partial charge in [0.05, 0.1) is 16.8 Å². The summed E-state index contributed by atoms with van der Waals surface area (Å²) in [4.78, 5) is 16.6. The van der Waals surface area contributed by atoms with Crippen LogP contribution in [-0.4, -0.2) is 11.1 Å². The third-order valence-electron chi connectivity index (χ3n) is 8.18. The summed E-state index contributed by atoms with van der Waals surface area (Å²) in [7, 11) is 0. The van der Waals surface area contributed by atoms with E-state index in [9.17, 15) is 4.79 Å². The molecule has 0 saturated heterocycles. The lowest BCUT2D eigenvalue weighted by atomic mass is 9.67. The summed E-state index contributed by atoms with van der Waals surface area (Å²) in [6.07, 6.45) is 17.0. The molecule has 0 amide bonds. The number of nitrogens with zero attached hydrogens (tertiary/aromatic N) is 1. The van der Waals surface area contributed by atoms with Crippen LogP contribution in [0.4, 0.5) is 5.69 Å². The van der Waals surface area contributed by atoms with Gasteiger partial charge in [0.15, 0.2) is 0 Å². The molecule has 0 bridgehead atoms. The number of rotatable bonds is 10. The average Bonchev–Trinajstić information content (AvgIpc) is 2.83. The Labute approximate surface area is 200 Å². The predicted octanol–water partition coefficient (Wildman–Crippen LogP) is 8.55. The van der Waals surface area contributed by atoms with Crippen LogP contribution in [0.5, 0.6) is 5.75 Å². The third-order valence-corrected chi connectivity index (χ3v) is 8.27. The molecule has 4 heteroatoms. The molecule has 0 heterocycles. The highest BCUT2D eigenvalue weighted by Crippen LogP contribution is 2.43. The number of esters is 1. The topological polar surface area (TPSA) is 38.7 Å². The molecule has 0 aliphatic heterocycles. The highest BCUT2D eigenvalue weighted by atomic mass is 32.1. The maximum absolute atomic E-state index is 12.6. The van der Waals surface area contributed by atoms with E-state index in [2.05, 4.69) is 36.2 Å². The molecule has 2 saturated carbocycles. The summed E-state index contributed by atoms with van der Waals surface area (Å²) < 4.78 is 5.63. The molecule has 0 radical (unpaired) electrons. The Hall–Kier alpha value is -1.51. The van der Waals surface area contributed by atoms with Gasteiger partial charge in [-0.25, -0.2) is 0 Å². The summed E-state index contributed by atoms with van der Waals surface area (Å²) in [6, 6.07) is 7.13. The molecule has 176 valence electrons. The lowest BCUT2D eigenvalue weighted by Crippen LogP contribution is -2.31. The SMILES string of the molecule is CCCCCCC1CCC(C(C)C2CCC(C(=O)Oc3ccc(N=C=S)cc3)CC2)CC1. The van der Waals surface area contributed by atoms with Gasteiger partial charge in [-0.05, 0) is 98.7 Å². The van der Waals surface area contributed by atoms with Crippen LogP contribution < -0.4 is 4.74 Å². The molecular formula is C28H41NO2S. The summed E-state index contributed by atoms with van der Waals surface area (Å²) in [6.45, 7) is 4.78. The van der Waals surface area contributed by atoms with Gasteiger partial charge in [0.25, 0.3) is 0 Å². The molecule has 1 aromatic carbocycles. The molecule has 0 N–H and O–H groups in total. The minimum atomic E-state index is -0.0780. The zero-order valence-corrected chi connectivity index (χ0v) is 20.9. The van der Waals surface area contributed by atoms with E-state index in [0.717, 1.165) is 42.2 Å². The van der Waals surface area contributed by atoms with Crippen molar-refractivity contribution in [1.82, 2.24) is 0 Å². The van der Waals surface area contributed by atoms with Crippen molar-refractivity contribution >= 4 is 29.0 Å². The Morgan fingerprint density at radius 2 is 1.62 bits per heavy atom. The fourth-order valence-corrected chi connectivity index (χ4v) is 6.07. The monoisotopic (exact) mass is 455 g/mol. The first-order valence-corrected chi connectivity index (χ1v) is 13.4. The van der Waals surface area contributed by atoms with E-state index in [1.54, 1.807) is 24.3 Å². The number of benzene rings is 1. The maximum atomic E-state index is 12.6. The standard InChI is InChI=1S/C28H41NO2S/c1-3-4-5-6-7-22-8-10-23(11-9-22)21(2)24-12-14-25(15-13-24)28(30)31-27-18-16-26(17-19-27)29-20-32/h16-19,21-25H,3-15H2,1-2H3. The van der Waals surface area contributed by atoms with Crippen molar-refractivity contribution in [2.75, 3.05) is 0 Å². The lowest BCUT2D eigenvalue weighted by Gasteiger charge is -2.38. The Morgan fingerprint density at radius 3 is 2.22 bits per heavy atom. The van der Waals surface area contributed by atoms with Crippen molar-refractivity contribution < 1.29 is 9.53 Å². The van der Waals surface area contributed by atoms with Crippen molar-refractivity contribution in [3.05, 3.63) is 24.3 Å². The molecule has 0 spiro atoms. The number of unbranched alkanes of at least 4 members (excludes halogenated alkanes) is 3. The first kappa shape index (κ1) is 25.1. The first-order chi connectivity index (χ1) is 15.6. The van der Waals surface area contributed by atoms with E-state index in [1.807, 2.05) is 0 Å². The van der Waals surface area contributed by atoms with Crippen molar-refractivity contribution in [3.8, 4) is 5.75 Å². The molecule has 2 aliphatic rings. The maximum Gasteiger partial charge on any atom is 0.314 e. The minimum absolute atomic E-state index is 0.0379. The van der Waals surface area contributed by atoms with E-state index in [-0.39, 0.29) is 11.9 Å². The molecular weight excluding hydrogens is 414 g/mol. The zero-order valence-electron chi connectivity index (χ0n) is 20.1. The van der Waals surface area contributed by atoms with Gasteiger partial charge in [0, 0.05) is 0 Å². The van der Waals surface area contributed by atoms with Crippen LogP contribution >= 0.6 is 12.2 Å². The van der Waals surface area contributed by atoms with Crippen LogP contribution in [-0.2, 0) is 4.79 Å². The normalized spacial score (nSPS) is 26.7. The molecule has 1 atom stereocenters.